The van der Waals surface area contributed by atoms with Crippen molar-refractivity contribution < 1.29 is 15.3 Å². The second-order valence-electron chi connectivity index (χ2n) is 11.0. The second kappa shape index (κ2) is 9.88. The minimum absolute atomic E-state index is 0.000864. The van der Waals surface area contributed by atoms with Gasteiger partial charge in [0.05, 0.1) is 35.0 Å². The van der Waals surface area contributed by atoms with Crippen molar-refractivity contribution in [1.29, 1.82) is 0 Å². The molecule has 204 valence electrons. The molecule has 2 aromatic carbocycles. The standard InChI is InChI=1S/C14H15BrN2O3.C14H13BrN2O2/c15-9-1-2-10-11(5-9)16-12-6-14(7-18,8-19)3-4-17(12)13(10)20;15-8-1-2-9-11(5-8)16-12-10-6-14(10,7-18)3-4-17(12)13(9)19/h1-2,5,18-19H,3-4,6-8H2;1-2,5,10,18H,3-4,6-7H2. The summed E-state index contributed by atoms with van der Waals surface area (Å²) < 4.78 is 5.24. The molecule has 0 amide bonds. The van der Waals surface area contributed by atoms with Crippen LogP contribution in [0.4, 0.5) is 0 Å². The molecule has 39 heavy (non-hydrogen) atoms. The Morgan fingerprint density at radius 2 is 1.41 bits per heavy atom. The summed E-state index contributed by atoms with van der Waals surface area (Å²) in [6.07, 6.45) is 2.83. The van der Waals surface area contributed by atoms with Gasteiger partial charge in [0, 0.05) is 51.8 Å². The van der Waals surface area contributed by atoms with Crippen LogP contribution in [0.3, 0.4) is 0 Å². The fourth-order valence-electron chi connectivity index (χ4n) is 5.97. The van der Waals surface area contributed by atoms with Crippen molar-refractivity contribution in [2.45, 2.75) is 44.7 Å². The number of hydrogen-bond acceptors (Lipinski definition) is 7. The summed E-state index contributed by atoms with van der Waals surface area (Å²) in [7, 11) is 0. The first kappa shape index (κ1) is 26.8. The highest BCUT2D eigenvalue weighted by Gasteiger charge is 2.58. The van der Waals surface area contributed by atoms with Crippen LogP contribution in [0, 0.1) is 10.8 Å². The Labute approximate surface area is 240 Å². The molecule has 11 heteroatoms. The van der Waals surface area contributed by atoms with E-state index in [4.69, 9.17) is 0 Å². The molecule has 2 aromatic heterocycles. The molecular weight excluding hydrogens is 632 g/mol. The van der Waals surface area contributed by atoms with Crippen LogP contribution in [0.15, 0.2) is 54.9 Å². The fourth-order valence-corrected chi connectivity index (χ4v) is 6.67. The van der Waals surface area contributed by atoms with Gasteiger partial charge in [-0.15, -0.1) is 0 Å². The van der Waals surface area contributed by atoms with Gasteiger partial charge in [-0.25, -0.2) is 9.97 Å². The molecule has 2 aliphatic heterocycles. The Bertz CT molecular complexity index is 1730. The monoisotopic (exact) mass is 658 g/mol. The third kappa shape index (κ3) is 4.48. The van der Waals surface area contributed by atoms with Crippen LogP contribution in [0.5, 0.6) is 0 Å². The van der Waals surface area contributed by atoms with E-state index >= 15 is 0 Å². The van der Waals surface area contributed by atoms with E-state index in [-0.39, 0.29) is 42.3 Å². The summed E-state index contributed by atoms with van der Waals surface area (Å²) in [5.74, 6) is 1.74. The summed E-state index contributed by atoms with van der Waals surface area (Å²) in [5, 5.41) is 29.8. The lowest BCUT2D eigenvalue weighted by Crippen LogP contribution is -2.42. The quantitative estimate of drug-likeness (QED) is 0.308. The number of rotatable bonds is 3. The first-order valence-corrected chi connectivity index (χ1v) is 14.5. The number of aliphatic hydroxyl groups excluding tert-OH is 3. The maximum absolute atomic E-state index is 12.5. The zero-order valence-corrected chi connectivity index (χ0v) is 24.3. The normalized spacial score (nSPS) is 22.4. The first-order chi connectivity index (χ1) is 18.7. The molecule has 0 bridgehead atoms. The maximum atomic E-state index is 12.5. The van der Waals surface area contributed by atoms with Gasteiger partial charge >= 0.3 is 0 Å². The fraction of sp³-hybridized carbons (Fsp3) is 0.429. The van der Waals surface area contributed by atoms with Crippen molar-refractivity contribution in [2.24, 2.45) is 10.8 Å². The second-order valence-corrected chi connectivity index (χ2v) is 12.8. The Hall–Kier alpha value is -2.44. The predicted molar refractivity (Wildman–Crippen MR) is 154 cm³/mol. The van der Waals surface area contributed by atoms with Crippen LogP contribution in [-0.2, 0) is 19.5 Å². The molecule has 2 unspecified atom stereocenters. The van der Waals surface area contributed by atoms with Crippen LogP contribution in [0.2, 0.25) is 0 Å². The summed E-state index contributed by atoms with van der Waals surface area (Å²) in [6, 6.07) is 11.0. The molecule has 7 rings (SSSR count). The minimum atomic E-state index is -0.570. The molecule has 2 atom stereocenters. The number of aromatic nitrogens is 4. The minimum Gasteiger partial charge on any atom is -0.396 e. The van der Waals surface area contributed by atoms with Crippen molar-refractivity contribution in [3.05, 3.63) is 77.7 Å². The highest BCUT2D eigenvalue weighted by atomic mass is 79.9. The van der Waals surface area contributed by atoms with Crippen molar-refractivity contribution in [2.75, 3.05) is 19.8 Å². The van der Waals surface area contributed by atoms with E-state index in [9.17, 15) is 24.9 Å². The first-order valence-electron chi connectivity index (χ1n) is 12.9. The number of hydrogen-bond donors (Lipinski definition) is 3. The summed E-state index contributed by atoms with van der Waals surface area (Å²) >= 11 is 6.79. The van der Waals surface area contributed by atoms with Gasteiger partial charge in [-0.3, -0.25) is 18.7 Å². The van der Waals surface area contributed by atoms with Crippen LogP contribution < -0.4 is 11.1 Å². The molecular formula is C28H28Br2N4O5. The van der Waals surface area contributed by atoms with E-state index < -0.39 is 5.41 Å². The number of nitrogens with zero attached hydrogens (tertiary/aromatic N) is 4. The molecule has 3 N–H and O–H groups in total. The molecule has 1 fully saturated rings. The van der Waals surface area contributed by atoms with E-state index in [0.29, 0.717) is 48.0 Å². The highest BCUT2D eigenvalue weighted by Crippen LogP contribution is 2.62. The molecule has 1 aliphatic carbocycles. The van der Waals surface area contributed by atoms with Gasteiger partial charge in [0.2, 0.25) is 0 Å². The third-order valence-electron chi connectivity index (χ3n) is 8.66. The Kier molecular flexibility index (Phi) is 6.78. The van der Waals surface area contributed by atoms with Gasteiger partial charge in [-0.05, 0) is 55.7 Å². The lowest BCUT2D eigenvalue weighted by molar-refractivity contribution is 0.0311. The largest absolute Gasteiger partial charge is 0.396 e. The summed E-state index contributed by atoms with van der Waals surface area (Å²) in [5.41, 5.74) is 0.805. The zero-order valence-electron chi connectivity index (χ0n) is 21.1. The van der Waals surface area contributed by atoms with Crippen molar-refractivity contribution in [1.82, 2.24) is 19.1 Å². The van der Waals surface area contributed by atoms with E-state index in [1.165, 1.54) is 0 Å². The lowest BCUT2D eigenvalue weighted by Gasteiger charge is -2.35. The van der Waals surface area contributed by atoms with Crippen LogP contribution in [0.25, 0.3) is 21.8 Å². The molecule has 0 radical (unpaired) electrons. The Morgan fingerprint density at radius 3 is 2.03 bits per heavy atom. The molecule has 4 aromatic rings. The summed E-state index contributed by atoms with van der Waals surface area (Å²) in [4.78, 5) is 34.2. The van der Waals surface area contributed by atoms with E-state index in [1.54, 1.807) is 15.2 Å². The molecule has 1 saturated carbocycles. The summed E-state index contributed by atoms with van der Waals surface area (Å²) in [6.45, 7) is 1.15. The van der Waals surface area contributed by atoms with E-state index in [0.717, 1.165) is 33.1 Å². The number of aliphatic hydroxyl groups is 3. The number of halogens is 2. The Balaban J connectivity index is 0.000000142. The van der Waals surface area contributed by atoms with Crippen LogP contribution in [-0.4, -0.2) is 54.2 Å². The van der Waals surface area contributed by atoms with Gasteiger partial charge in [0.15, 0.2) is 0 Å². The maximum Gasteiger partial charge on any atom is 0.261 e. The molecule has 9 nitrogen and oxygen atoms in total. The lowest BCUT2D eigenvalue weighted by atomic mass is 9.80. The van der Waals surface area contributed by atoms with Gasteiger partial charge in [0.1, 0.15) is 11.6 Å². The smallest absolute Gasteiger partial charge is 0.261 e. The van der Waals surface area contributed by atoms with Crippen LogP contribution >= 0.6 is 31.9 Å². The average molecular weight is 660 g/mol. The topological polar surface area (TPSA) is 130 Å². The van der Waals surface area contributed by atoms with Gasteiger partial charge in [0.25, 0.3) is 11.1 Å². The van der Waals surface area contributed by atoms with Crippen molar-refractivity contribution in [3.63, 3.8) is 0 Å². The molecule has 0 spiro atoms. The number of fused-ring (bicyclic) bond motifs is 6. The average Bonchev–Trinajstić information content (AvgIpc) is 3.69. The van der Waals surface area contributed by atoms with E-state index in [2.05, 4.69) is 41.8 Å². The number of benzene rings is 2. The van der Waals surface area contributed by atoms with Crippen molar-refractivity contribution >= 4 is 53.7 Å². The van der Waals surface area contributed by atoms with E-state index in [1.807, 2.05) is 30.3 Å². The molecule has 3 aliphatic rings. The van der Waals surface area contributed by atoms with Gasteiger partial charge in [-0.1, -0.05) is 31.9 Å². The van der Waals surface area contributed by atoms with Crippen LogP contribution in [0.1, 0.15) is 36.8 Å². The zero-order chi connectivity index (χ0) is 27.5. The van der Waals surface area contributed by atoms with Gasteiger partial charge < -0.3 is 15.3 Å². The van der Waals surface area contributed by atoms with Gasteiger partial charge in [-0.2, -0.15) is 0 Å². The predicted octanol–water partition coefficient (Wildman–Crippen LogP) is 3.10. The van der Waals surface area contributed by atoms with Crippen molar-refractivity contribution in [3.8, 4) is 0 Å². The SMILES string of the molecule is O=c1c2ccc(Br)cc2nc2n1CCC(CO)(CO)C2.O=c1c2ccc(Br)cc2nc2n1CCC1(CO)CC21. The third-order valence-corrected chi connectivity index (χ3v) is 9.65. The highest BCUT2D eigenvalue weighted by molar-refractivity contribution is 9.10. The molecule has 0 saturated heterocycles. The Morgan fingerprint density at radius 1 is 0.821 bits per heavy atom. The molecule has 4 heterocycles.